The van der Waals surface area contributed by atoms with Crippen molar-refractivity contribution < 1.29 is 14.3 Å². The number of carbonyl (C=O) groups is 2. The fraction of sp³-hybridized carbons (Fsp3) is 0.600. The monoisotopic (exact) mass is 195 g/mol. The molecule has 4 nitrogen and oxygen atoms in total. The molecule has 0 aliphatic carbocycles. The van der Waals surface area contributed by atoms with Gasteiger partial charge in [-0.3, -0.25) is 14.5 Å². The molecule has 0 aromatic heterocycles. The summed E-state index contributed by atoms with van der Waals surface area (Å²) in [5.74, 6) is -0.395. The highest BCUT2D eigenvalue weighted by molar-refractivity contribution is 6.12. The molecule has 0 saturated carbocycles. The van der Waals surface area contributed by atoms with Gasteiger partial charge in [-0.05, 0) is 19.8 Å². The number of amides is 2. The summed E-state index contributed by atoms with van der Waals surface area (Å²) in [5.41, 5.74) is 0.0131. The summed E-state index contributed by atoms with van der Waals surface area (Å²) in [6.45, 7) is 3.34. The Kier molecular flexibility index (Phi) is 2.15. The van der Waals surface area contributed by atoms with Crippen molar-refractivity contribution in [2.75, 3.05) is 13.2 Å². The first-order valence-electron chi connectivity index (χ1n) is 4.78. The van der Waals surface area contributed by atoms with E-state index in [0.717, 1.165) is 19.4 Å². The van der Waals surface area contributed by atoms with Crippen LogP contribution in [0.5, 0.6) is 0 Å². The van der Waals surface area contributed by atoms with E-state index in [4.69, 9.17) is 4.74 Å². The standard InChI is InChI=1S/C10H13NO3/c1-10(7-14-10)5-2-6-11-8(12)3-4-9(11)13/h3-4H,2,5-7H2,1H3. The number of ether oxygens (including phenoxy) is 1. The van der Waals surface area contributed by atoms with Gasteiger partial charge >= 0.3 is 0 Å². The molecule has 1 saturated heterocycles. The van der Waals surface area contributed by atoms with Gasteiger partial charge in [0.1, 0.15) is 0 Å². The van der Waals surface area contributed by atoms with Gasteiger partial charge in [-0.25, -0.2) is 0 Å². The first-order valence-corrected chi connectivity index (χ1v) is 4.78. The van der Waals surface area contributed by atoms with Gasteiger partial charge in [0.05, 0.1) is 12.2 Å². The fourth-order valence-corrected chi connectivity index (χ4v) is 1.53. The molecule has 2 aliphatic heterocycles. The molecule has 0 bridgehead atoms. The van der Waals surface area contributed by atoms with E-state index < -0.39 is 0 Å². The molecule has 76 valence electrons. The van der Waals surface area contributed by atoms with Gasteiger partial charge in [0.15, 0.2) is 0 Å². The van der Waals surface area contributed by atoms with E-state index in [1.54, 1.807) is 0 Å². The predicted molar refractivity (Wildman–Crippen MR) is 49.5 cm³/mol. The van der Waals surface area contributed by atoms with E-state index in [9.17, 15) is 9.59 Å². The Morgan fingerprint density at radius 2 is 2.00 bits per heavy atom. The lowest BCUT2D eigenvalue weighted by Gasteiger charge is -2.13. The molecular formula is C10H13NO3. The molecule has 2 aliphatic rings. The summed E-state index contributed by atoms with van der Waals surface area (Å²) < 4.78 is 5.21. The zero-order chi connectivity index (χ0) is 10.2. The highest BCUT2D eigenvalue weighted by Crippen LogP contribution is 2.31. The van der Waals surface area contributed by atoms with E-state index in [0.29, 0.717) is 6.54 Å². The van der Waals surface area contributed by atoms with Crippen LogP contribution in [0.1, 0.15) is 19.8 Å². The van der Waals surface area contributed by atoms with Gasteiger partial charge in [-0.1, -0.05) is 0 Å². The molecule has 14 heavy (non-hydrogen) atoms. The average Bonchev–Trinajstić information content (AvgIpc) is 2.79. The first-order chi connectivity index (χ1) is 6.61. The summed E-state index contributed by atoms with van der Waals surface area (Å²) in [6.07, 6.45) is 4.36. The lowest BCUT2D eigenvalue weighted by Crippen LogP contribution is -2.31. The quantitative estimate of drug-likeness (QED) is 0.484. The van der Waals surface area contributed by atoms with E-state index >= 15 is 0 Å². The van der Waals surface area contributed by atoms with Crippen LogP contribution in [-0.2, 0) is 14.3 Å². The van der Waals surface area contributed by atoms with Gasteiger partial charge in [0, 0.05) is 18.7 Å². The van der Waals surface area contributed by atoms with Crippen LogP contribution in [0.15, 0.2) is 12.2 Å². The Bertz CT molecular complexity index is 286. The van der Waals surface area contributed by atoms with Crippen molar-refractivity contribution in [1.29, 1.82) is 0 Å². The number of epoxide rings is 1. The molecule has 2 rings (SSSR count). The molecule has 1 unspecified atom stereocenters. The fourth-order valence-electron chi connectivity index (χ4n) is 1.53. The molecule has 0 aromatic carbocycles. The highest BCUT2D eigenvalue weighted by atomic mass is 16.6. The summed E-state index contributed by atoms with van der Waals surface area (Å²) in [5, 5.41) is 0. The Morgan fingerprint density at radius 1 is 1.43 bits per heavy atom. The maximum Gasteiger partial charge on any atom is 0.253 e. The molecule has 2 heterocycles. The third-order valence-corrected chi connectivity index (χ3v) is 2.63. The van der Waals surface area contributed by atoms with Crippen molar-refractivity contribution in [2.24, 2.45) is 0 Å². The second-order valence-electron chi connectivity index (χ2n) is 4.00. The average molecular weight is 195 g/mol. The molecule has 1 atom stereocenters. The van der Waals surface area contributed by atoms with Crippen molar-refractivity contribution in [3.05, 3.63) is 12.2 Å². The summed E-state index contributed by atoms with van der Waals surface area (Å²) in [6, 6.07) is 0. The number of nitrogens with zero attached hydrogens (tertiary/aromatic N) is 1. The molecule has 0 N–H and O–H groups in total. The topological polar surface area (TPSA) is 49.9 Å². The maximum absolute atomic E-state index is 11.1. The van der Waals surface area contributed by atoms with E-state index in [1.807, 2.05) is 6.92 Å². The van der Waals surface area contributed by atoms with Gasteiger partial charge in [0.25, 0.3) is 11.8 Å². The third-order valence-electron chi connectivity index (χ3n) is 2.63. The number of hydrogen-bond donors (Lipinski definition) is 0. The van der Waals surface area contributed by atoms with Gasteiger partial charge in [0.2, 0.25) is 0 Å². The number of carbonyl (C=O) groups excluding carboxylic acids is 2. The minimum atomic E-state index is -0.197. The third kappa shape index (κ3) is 1.85. The minimum absolute atomic E-state index is 0.0131. The van der Waals surface area contributed by atoms with Crippen molar-refractivity contribution >= 4 is 11.8 Å². The molecule has 1 fully saturated rings. The Balaban J connectivity index is 1.75. The second-order valence-corrected chi connectivity index (χ2v) is 4.00. The zero-order valence-corrected chi connectivity index (χ0v) is 8.16. The SMILES string of the molecule is CC1(CCCN2C(=O)C=CC2=O)CO1. The Labute approximate surface area is 82.5 Å². The normalized spacial score (nSPS) is 30.2. The van der Waals surface area contributed by atoms with Crippen molar-refractivity contribution in [3.63, 3.8) is 0 Å². The van der Waals surface area contributed by atoms with E-state index in [1.165, 1.54) is 17.1 Å². The molecule has 0 spiro atoms. The molecule has 0 radical (unpaired) electrons. The van der Waals surface area contributed by atoms with Crippen LogP contribution in [-0.4, -0.2) is 35.5 Å². The lowest BCUT2D eigenvalue weighted by atomic mass is 10.1. The summed E-state index contributed by atoms with van der Waals surface area (Å²) >= 11 is 0. The lowest BCUT2D eigenvalue weighted by molar-refractivity contribution is -0.136. The molecular weight excluding hydrogens is 182 g/mol. The molecule has 2 amide bonds. The summed E-state index contributed by atoms with van der Waals surface area (Å²) in [7, 11) is 0. The van der Waals surface area contributed by atoms with E-state index in [-0.39, 0.29) is 17.4 Å². The van der Waals surface area contributed by atoms with Gasteiger partial charge in [-0.2, -0.15) is 0 Å². The Morgan fingerprint density at radius 3 is 2.50 bits per heavy atom. The van der Waals surface area contributed by atoms with Crippen LogP contribution in [0.4, 0.5) is 0 Å². The second kappa shape index (κ2) is 3.20. The van der Waals surface area contributed by atoms with Crippen LogP contribution in [0.25, 0.3) is 0 Å². The van der Waals surface area contributed by atoms with Crippen LogP contribution in [0, 0.1) is 0 Å². The first kappa shape index (κ1) is 9.40. The maximum atomic E-state index is 11.1. The Hall–Kier alpha value is -1.16. The molecule has 0 aromatic rings. The predicted octanol–water partition coefficient (Wildman–Crippen LogP) is 0.480. The smallest absolute Gasteiger partial charge is 0.253 e. The van der Waals surface area contributed by atoms with Crippen molar-refractivity contribution in [2.45, 2.75) is 25.4 Å². The van der Waals surface area contributed by atoms with Gasteiger partial charge < -0.3 is 4.74 Å². The number of hydrogen-bond acceptors (Lipinski definition) is 3. The van der Waals surface area contributed by atoms with Crippen molar-refractivity contribution in [3.8, 4) is 0 Å². The van der Waals surface area contributed by atoms with Crippen molar-refractivity contribution in [1.82, 2.24) is 4.90 Å². The van der Waals surface area contributed by atoms with Crippen LogP contribution in [0.3, 0.4) is 0 Å². The summed E-state index contributed by atoms with van der Waals surface area (Å²) in [4.78, 5) is 23.6. The zero-order valence-electron chi connectivity index (χ0n) is 8.16. The van der Waals surface area contributed by atoms with Gasteiger partial charge in [-0.15, -0.1) is 0 Å². The minimum Gasteiger partial charge on any atom is -0.370 e. The van der Waals surface area contributed by atoms with Crippen LogP contribution < -0.4 is 0 Å². The number of imide groups is 1. The van der Waals surface area contributed by atoms with Crippen LogP contribution >= 0.6 is 0 Å². The largest absolute Gasteiger partial charge is 0.370 e. The van der Waals surface area contributed by atoms with Crippen LogP contribution in [0.2, 0.25) is 0 Å². The number of rotatable bonds is 4. The van der Waals surface area contributed by atoms with E-state index in [2.05, 4.69) is 0 Å². The highest BCUT2D eigenvalue weighted by Gasteiger charge is 2.38. The molecule has 4 heteroatoms.